The molecule has 0 spiro atoms. The molecule has 0 N–H and O–H groups in total. The zero-order chi connectivity index (χ0) is 16.1. The van der Waals surface area contributed by atoms with E-state index in [1.54, 1.807) is 26.4 Å². The second-order valence-electron chi connectivity index (χ2n) is 4.41. The Kier molecular flexibility index (Phi) is 5.69. The number of ether oxygens (including phenoxy) is 2. The number of hydrogen-bond acceptors (Lipinski definition) is 3. The molecule has 0 bridgehead atoms. The second-order valence-corrected chi connectivity index (χ2v) is 6.01. The lowest BCUT2D eigenvalue weighted by molar-refractivity contribution is 0.353. The van der Waals surface area contributed by atoms with Crippen LogP contribution in [-0.2, 0) is 0 Å². The maximum atomic E-state index is 9.40. The number of rotatable bonds is 4. The van der Waals surface area contributed by atoms with Gasteiger partial charge in [0.15, 0.2) is 11.5 Å². The molecule has 0 saturated carbocycles. The summed E-state index contributed by atoms with van der Waals surface area (Å²) in [5.41, 5.74) is 2.24. The summed E-state index contributed by atoms with van der Waals surface area (Å²) in [6, 6.07) is 13.2. The van der Waals surface area contributed by atoms with E-state index in [0.717, 1.165) is 14.7 Å². The quantitative estimate of drug-likeness (QED) is 0.392. The average Bonchev–Trinajstić information content (AvgIpc) is 2.53. The Bertz CT molecular complexity index is 748. The molecule has 0 aromatic heterocycles. The van der Waals surface area contributed by atoms with E-state index < -0.39 is 0 Å². The minimum absolute atomic E-state index is 0.555. The minimum Gasteiger partial charge on any atom is -0.493 e. The van der Waals surface area contributed by atoms with Crippen molar-refractivity contribution in [2.24, 2.45) is 0 Å². The Morgan fingerprint density at radius 2 is 1.86 bits per heavy atom. The fraction of sp³-hybridized carbons (Fsp3) is 0.118. The van der Waals surface area contributed by atoms with Crippen molar-refractivity contribution >= 4 is 45.8 Å². The molecule has 0 aliphatic heterocycles. The molecule has 0 saturated heterocycles. The summed E-state index contributed by atoms with van der Waals surface area (Å²) in [6.07, 6.45) is 1.81. The van der Waals surface area contributed by atoms with Crippen LogP contribution in [0.3, 0.4) is 0 Å². The van der Waals surface area contributed by atoms with Crippen LogP contribution in [-0.4, -0.2) is 14.2 Å². The highest BCUT2D eigenvalue weighted by atomic mass is 127. The van der Waals surface area contributed by atoms with Crippen LogP contribution in [0.1, 0.15) is 11.1 Å². The highest BCUT2D eigenvalue weighted by Crippen LogP contribution is 2.34. The van der Waals surface area contributed by atoms with Gasteiger partial charge in [0.05, 0.1) is 29.4 Å². The second kappa shape index (κ2) is 7.52. The highest BCUT2D eigenvalue weighted by molar-refractivity contribution is 14.1. The number of nitrogens with zero attached hydrogens (tertiary/aromatic N) is 1. The minimum atomic E-state index is 0.555. The van der Waals surface area contributed by atoms with Gasteiger partial charge >= 0.3 is 0 Å². The van der Waals surface area contributed by atoms with Gasteiger partial charge in [-0.3, -0.25) is 0 Å². The standard InChI is InChI=1S/C17H13ClINO2/c1-21-16-9-11(8-15(19)17(16)22-2)7-13(10-20)12-3-5-14(18)6-4-12/h3-9H,1-2H3/b13-7+. The Morgan fingerprint density at radius 3 is 2.41 bits per heavy atom. The Labute approximate surface area is 148 Å². The van der Waals surface area contributed by atoms with E-state index in [9.17, 15) is 5.26 Å². The van der Waals surface area contributed by atoms with Crippen molar-refractivity contribution in [2.75, 3.05) is 14.2 Å². The average molecular weight is 426 g/mol. The molecular formula is C17H13ClINO2. The molecule has 2 aromatic carbocycles. The molecule has 5 heteroatoms. The molecule has 0 aliphatic rings. The van der Waals surface area contributed by atoms with Gasteiger partial charge in [-0.05, 0) is 64.1 Å². The lowest BCUT2D eigenvalue weighted by atomic mass is 10.0. The lowest BCUT2D eigenvalue weighted by Crippen LogP contribution is -1.94. The number of benzene rings is 2. The first kappa shape index (κ1) is 16.7. The predicted octanol–water partition coefficient (Wildman–Crippen LogP) is 5.03. The van der Waals surface area contributed by atoms with Crippen molar-refractivity contribution in [3.8, 4) is 17.6 Å². The van der Waals surface area contributed by atoms with Gasteiger partial charge in [0.1, 0.15) is 0 Å². The fourth-order valence-corrected chi connectivity index (χ4v) is 2.97. The first-order valence-corrected chi connectivity index (χ1v) is 7.84. The van der Waals surface area contributed by atoms with Crippen molar-refractivity contribution in [2.45, 2.75) is 0 Å². The summed E-state index contributed by atoms with van der Waals surface area (Å²) < 4.78 is 11.6. The van der Waals surface area contributed by atoms with Crippen molar-refractivity contribution in [3.05, 3.63) is 56.1 Å². The summed E-state index contributed by atoms with van der Waals surface area (Å²) in [7, 11) is 3.19. The zero-order valence-corrected chi connectivity index (χ0v) is 15.0. The van der Waals surface area contributed by atoms with Gasteiger partial charge in [0.2, 0.25) is 0 Å². The number of hydrogen-bond donors (Lipinski definition) is 0. The molecule has 2 rings (SSSR count). The number of allylic oxidation sites excluding steroid dienone is 1. The summed E-state index contributed by atoms with van der Waals surface area (Å²) in [5, 5.41) is 10.0. The van der Waals surface area contributed by atoms with E-state index in [4.69, 9.17) is 21.1 Å². The maximum Gasteiger partial charge on any atom is 0.174 e. The molecule has 22 heavy (non-hydrogen) atoms. The van der Waals surface area contributed by atoms with Gasteiger partial charge < -0.3 is 9.47 Å². The fourth-order valence-electron chi connectivity index (χ4n) is 2.00. The van der Waals surface area contributed by atoms with Crippen LogP contribution < -0.4 is 9.47 Å². The van der Waals surface area contributed by atoms with Crippen LogP contribution in [0.4, 0.5) is 0 Å². The molecule has 0 aliphatic carbocycles. The predicted molar refractivity (Wildman–Crippen MR) is 97.2 cm³/mol. The topological polar surface area (TPSA) is 42.2 Å². The molecule has 0 unspecified atom stereocenters. The van der Waals surface area contributed by atoms with Crippen molar-refractivity contribution in [1.82, 2.24) is 0 Å². The molecule has 0 atom stereocenters. The first-order chi connectivity index (χ1) is 10.6. The summed E-state index contributed by atoms with van der Waals surface area (Å²) in [4.78, 5) is 0. The van der Waals surface area contributed by atoms with Crippen LogP contribution in [0.15, 0.2) is 36.4 Å². The highest BCUT2D eigenvalue weighted by Gasteiger charge is 2.10. The van der Waals surface area contributed by atoms with E-state index in [2.05, 4.69) is 28.7 Å². The first-order valence-electron chi connectivity index (χ1n) is 6.38. The molecule has 112 valence electrons. The SMILES string of the molecule is COc1cc(/C=C(\C#N)c2ccc(Cl)cc2)cc(I)c1OC. The van der Waals surface area contributed by atoms with E-state index in [0.29, 0.717) is 22.1 Å². The van der Waals surface area contributed by atoms with Crippen LogP contribution in [0, 0.1) is 14.9 Å². The summed E-state index contributed by atoms with van der Waals surface area (Å²) in [5.74, 6) is 1.32. The van der Waals surface area contributed by atoms with E-state index in [1.807, 2.05) is 30.3 Å². The number of halogens is 2. The summed E-state index contributed by atoms with van der Waals surface area (Å²) in [6.45, 7) is 0. The van der Waals surface area contributed by atoms with E-state index >= 15 is 0 Å². The Balaban J connectivity index is 2.48. The number of nitriles is 1. The van der Waals surface area contributed by atoms with Gasteiger partial charge in [-0.2, -0.15) is 5.26 Å². The maximum absolute atomic E-state index is 9.40. The van der Waals surface area contributed by atoms with Gasteiger partial charge in [0, 0.05) is 5.02 Å². The smallest absolute Gasteiger partial charge is 0.174 e. The van der Waals surface area contributed by atoms with Crippen LogP contribution in [0.5, 0.6) is 11.5 Å². The van der Waals surface area contributed by atoms with Crippen molar-refractivity contribution in [3.63, 3.8) is 0 Å². The summed E-state index contributed by atoms with van der Waals surface area (Å²) >= 11 is 8.06. The van der Waals surface area contributed by atoms with Crippen LogP contribution >= 0.6 is 34.2 Å². The van der Waals surface area contributed by atoms with Crippen LogP contribution in [0.25, 0.3) is 11.6 Å². The van der Waals surface area contributed by atoms with E-state index in [-0.39, 0.29) is 0 Å². The zero-order valence-electron chi connectivity index (χ0n) is 12.1. The molecule has 0 amide bonds. The third kappa shape index (κ3) is 3.73. The molecule has 0 radical (unpaired) electrons. The molecule has 3 nitrogen and oxygen atoms in total. The van der Waals surface area contributed by atoms with Gasteiger partial charge in [-0.25, -0.2) is 0 Å². The van der Waals surface area contributed by atoms with E-state index in [1.165, 1.54) is 0 Å². The van der Waals surface area contributed by atoms with Gasteiger partial charge in [0.25, 0.3) is 0 Å². The van der Waals surface area contributed by atoms with Gasteiger partial charge in [-0.15, -0.1) is 0 Å². The molecule has 0 fully saturated rings. The molecule has 0 heterocycles. The van der Waals surface area contributed by atoms with Gasteiger partial charge in [-0.1, -0.05) is 23.7 Å². The third-order valence-electron chi connectivity index (χ3n) is 3.04. The normalized spacial score (nSPS) is 11.0. The number of methoxy groups -OCH3 is 2. The Morgan fingerprint density at radius 1 is 1.18 bits per heavy atom. The van der Waals surface area contributed by atoms with Crippen LogP contribution in [0.2, 0.25) is 5.02 Å². The van der Waals surface area contributed by atoms with Crippen molar-refractivity contribution < 1.29 is 9.47 Å². The third-order valence-corrected chi connectivity index (χ3v) is 4.10. The lowest BCUT2D eigenvalue weighted by Gasteiger charge is -2.10. The molecular weight excluding hydrogens is 413 g/mol. The monoisotopic (exact) mass is 425 g/mol. The Hall–Kier alpha value is -1.71. The molecule has 2 aromatic rings. The largest absolute Gasteiger partial charge is 0.493 e. The van der Waals surface area contributed by atoms with Crippen molar-refractivity contribution in [1.29, 1.82) is 5.26 Å².